The van der Waals surface area contributed by atoms with Crippen LogP contribution in [0.1, 0.15) is 20.3 Å². The molecule has 3 nitrogen and oxygen atoms in total. The molecule has 3 atom stereocenters. The van der Waals surface area contributed by atoms with Crippen LogP contribution in [-0.2, 0) is 0 Å². The first-order chi connectivity index (χ1) is 8.06. The fourth-order valence-electron chi connectivity index (χ4n) is 2.42. The topological polar surface area (TPSA) is 28.2 Å². The molecule has 0 aliphatic carbocycles. The van der Waals surface area contributed by atoms with E-state index in [9.17, 15) is 0 Å². The molecule has 0 aromatic carbocycles. The van der Waals surface area contributed by atoms with Gasteiger partial charge in [-0.15, -0.1) is 0 Å². The largest absolute Gasteiger partial charge is 0.381 e. The van der Waals surface area contributed by atoms with Crippen molar-refractivity contribution in [2.75, 3.05) is 18.9 Å². The van der Waals surface area contributed by atoms with Crippen molar-refractivity contribution in [2.45, 2.75) is 32.4 Å². The van der Waals surface area contributed by atoms with Crippen molar-refractivity contribution >= 4 is 17.3 Å². The van der Waals surface area contributed by atoms with Crippen molar-refractivity contribution in [3.05, 3.63) is 23.5 Å². The zero-order valence-electron chi connectivity index (χ0n) is 10.7. The maximum Gasteiger partial charge on any atom is 0.129 e. The molecule has 4 heteroatoms. The fraction of sp³-hybridized carbons (Fsp3) is 0.615. The summed E-state index contributed by atoms with van der Waals surface area (Å²) in [7, 11) is 2.20. The van der Waals surface area contributed by atoms with E-state index in [4.69, 9.17) is 11.6 Å². The summed E-state index contributed by atoms with van der Waals surface area (Å²) >= 11 is 5.78. The molecule has 94 valence electrons. The van der Waals surface area contributed by atoms with Crippen molar-refractivity contribution in [2.24, 2.45) is 5.92 Å². The summed E-state index contributed by atoms with van der Waals surface area (Å²) in [5, 5.41) is 4.10. The number of anilines is 1. The molecular formula is C13H20ClN3. The van der Waals surface area contributed by atoms with Gasteiger partial charge in [0, 0.05) is 18.6 Å². The van der Waals surface area contributed by atoms with Crippen molar-refractivity contribution in [1.29, 1.82) is 0 Å². The zero-order valence-corrected chi connectivity index (χ0v) is 11.4. The molecule has 1 aromatic heterocycles. The van der Waals surface area contributed by atoms with Gasteiger partial charge in [0.15, 0.2) is 0 Å². The summed E-state index contributed by atoms with van der Waals surface area (Å²) in [5.41, 5.74) is 1.06. The standard InChI is InChI=1S/C13H20ClN3/c1-9-8-17(3)10(2)6-12(9)16-11-4-5-13(14)15-7-11/h4-5,7,9-10,12,16H,6,8H2,1-3H3. The minimum atomic E-state index is 0.518. The predicted octanol–water partition coefficient (Wildman–Crippen LogP) is 2.88. The van der Waals surface area contributed by atoms with E-state index in [1.165, 1.54) is 6.42 Å². The molecule has 1 aliphatic heterocycles. The molecule has 1 aliphatic rings. The quantitative estimate of drug-likeness (QED) is 0.822. The first-order valence-electron chi connectivity index (χ1n) is 6.14. The number of nitrogens with one attached hydrogen (secondary N) is 1. The number of hydrogen-bond donors (Lipinski definition) is 1. The molecule has 0 amide bonds. The third kappa shape index (κ3) is 3.11. The average Bonchev–Trinajstić information content (AvgIpc) is 2.29. The molecule has 0 saturated carbocycles. The van der Waals surface area contributed by atoms with Gasteiger partial charge in [0.05, 0.1) is 11.9 Å². The lowest BCUT2D eigenvalue weighted by molar-refractivity contribution is 0.145. The molecule has 0 bridgehead atoms. The van der Waals surface area contributed by atoms with Gasteiger partial charge >= 0.3 is 0 Å². The number of nitrogens with zero attached hydrogens (tertiary/aromatic N) is 2. The van der Waals surface area contributed by atoms with Crippen LogP contribution in [0, 0.1) is 5.92 Å². The third-order valence-corrected chi connectivity index (χ3v) is 3.91. The van der Waals surface area contributed by atoms with Crippen LogP contribution in [0.3, 0.4) is 0 Å². The summed E-state index contributed by atoms with van der Waals surface area (Å²) in [5.74, 6) is 0.645. The normalized spacial score (nSPS) is 30.2. The highest BCUT2D eigenvalue weighted by molar-refractivity contribution is 6.29. The molecule has 0 radical (unpaired) electrons. The molecule has 1 N–H and O–H groups in total. The smallest absolute Gasteiger partial charge is 0.129 e. The van der Waals surface area contributed by atoms with Crippen LogP contribution in [0.2, 0.25) is 5.15 Å². The number of aromatic nitrogens is 1. The fourth-order valence-corrected chi connectivity index (χ4v) is 2.53. The number of likely N-dealkylation sites (tertiary alicyclic amines) is 1. The number of hydrogen-bond acceptors (Lipinski definition) is 3. The molecule has 2 rings (SSSR count). The highest BCUT2D eigenvalue weighted by atomic mass is 35.5. The van der Waals surface area contributed by atoms with Crippen LogP contribution in [0.15, 0.2) is 18.3 Å². The second-order valence-electron chi connectivity index (χ2n) is 5.12. The Kier molecular flexibility index (Phi) is 3.89. The summed E-state index contributed by atoms with van der Waals surface area (Å²) in [6.07, 6.45) is 2.97. The minimum absolute atomic E-state index is 0.518. The Morgan fingerprint density at radius 1 is 1.41 bits per heavy atom. The predicted molar refractivity (Wildman–Crippen MR) is 72.5 cm³/mol. The van der Waals surface area contributed by atoms with Crippen molar-refractivity contribution < 1.29 is 0 Å². The van der Waals surface area contributed by atoms with Gasteiger partial charge < -0.3 is 10.2 Å². The lowest BCUT2D eigenvalue weighted by Crippen LogP contribution is -2.48. The van der Waals surface area contributed by atoms with Crippen LogP contribution < -0.4 is 5.32 Å². The highest BCUT2D eigenvalue weighted by Gasteiger charge is 2.28. The van der Waals surface area contributed by atoms with Gasteiger partial charge in [-0.2, -0.15) is 0 Å². The van der Waals surface area contributed by atoms with Gasteiger partial charge in [-0.1, -0.05) is 18.5 Å². The Balaban J connectivity index is 2.00. The Morgan fingerprint density at radius 2 is 2.18 bits per heavy atom. The summed E-state index contributed by atoms with van der Waals surface area (Å²) in [6, 6.07) is 4.96. The molecule has 1 aromatic rings. The van der Waals surface area contributed by atoms with Crippen LogP contribution in [-0.4, -0.2) is 35.6 Å². The van der Waals surface area contributed by atoms with Crippen LogP contribution >= 0.6 is 11.6 Å². The average molecular weight is 254 g/mol. The SMILES string of the molecule is CC1CN(C)C(C)CC1Nc1ccc(Cl)nc1. The van der Waals surface area contributed by atoms with Gasteiger partial charge in [-0.25, -0.2) is 4.98 Å². The van der Waals surface area contributed by atoms with E-state index in [1.807, 2.05) is 12.1 Å². The van der Waals surface area contributed by atoms with Gasteiger partial charge in [0.2, 0.25) is 0 Å². The molecule has 3 unspecified atom stereocenters. The Bertz CT molecular complexity index is 365. The number of piperidine rings is 1. The van der Waals surface area contributed by atoms with Crippen molar-refractivity contribution in [3.63, 3.8) is 0 Å². The lowest BCUT2D eigenvalue weighted by Gasteiger charge is -2.40. The maximum atomic E-state index is 5.78. The maximum absolute atomic E-state index is 5.78. The Morgan fingerprint density at radius 3 is 2.82 bits per heavy atom. The lowest BCUT2D eigenvalue weighted by atomic mass is 9.90. The Labute approximate surface area is 108 Å². The molecule has 2 heterocycles. The van der Waals surface area contributed by atoms with Crippen molar-refractivity contribution in [3.8, 4) is 0 Å². The molecule has 1 saturated heterocycles. The molecule has 0 spiro atoms. The second-order valence-corrected chi connectivity index (χ2v) is 5.51. The van der Waals surface area contributed by atoms with E-state index in [-0.39, 0.29) is 0 Å². The van der Waals surface area contributed by atoms with Crippen LogP contribution in [0.4, 0.5) is 5.69 Å². The monoisotopic (exact) mass is 253 g/mol. The van der Waals surface area contributed by atoms with E-state index in [0.29, 0.717) is 23.2 Å². The summed E-state index contributed by atoms with van der Waals surface area (Å²) in [4.78, 5) is 6.52. The van der Waals surface area contributed by atoms with Crippen LogP contribution in [0.5, 0.6) is 0 Å². The van der Waals surface area contributed by atoms with E-state index in [0.717, 1.165) is 12.2 Å². The third-order valence-electron chi connectivity index (χ3n) is 3.69. The number of pyridine rings is 1. The van der Waals surface area contributed by atoms with E-state index in [2.05, 4.69) is 36.1 Å². The van der Waals surface area contributed by atoms with Crippen molar-refractivity contribution in [1.82, 2.24) is 9.88 Å². The summed E-state index contributed by atoms with van der Waals surface area (Å²) in [6.45, 7) is 5.71. The minimum Gasteiger partial charge on any atom is -0.381 e. The Hall–Kier alpha value is -0.800. The van der Waals surface area contributed by atoms with Gasteiger partial charge in [0.25, 0.3) is 0 Å². The first-order valence-corrected chi connectivity index (χ1v) is 6.52. The molecule has 1 fully saturated rings. The molecular weight excluding hydrogens is 234 g/mol. The molecule has 17 heavy (non-hydrogen) atoms. The highest BCUT2D eigenvalue weighted by Crippen LogP contribution is 2.24. The zero-order chi connectivity index (χ0) is 12.4. The number of rotatable bonds is 2. The second kappa shape index (κ2) is 5.23. The van der Waals surface area contributed by atoms with E-state index >= 15 is 0 Å². The summed E-state index contributed by atoms with van der Waals surface area (Å²) < 4.78 is 0. The number of halogens is 1. The first kappa shape index (κ1) is 12.7. The van der Waals surface area contributed by atoms with E-state index in [1.54, 1.807) is 6.20 Å². The van der Waals surface area contributed by atoms with Crippen LogP contribution in [0.25, 0.3) is 0 Å². The van der Waals surface area contributed by atoms with Gasteiger partial charge in [-0.05, 0) is 38.4 Å². The van der Waals surface area contributed by atoms with Gasteiger partial charge in [-0.3, -0.25) is 0 Å². The van der Waals surface area contributed by atoms with E-state index < -0.39 is 0 Å². The van der Waals surface area contributed by atoms with Gasteiger partial charge in [0.1, 0.15) is 5.15 Å².